The van der Waals surface area contributed by atoms with Crippen molar-refractivity contribution >= 4 is 35.0 Å². The summed E-state index contributed by atoms with van der Waals surface area (Å²) < 4.78 is 13.7. The van der Waals surface area contributed by atoms with Crippen molar-refractivity contribution in [2.24, 2.45) is 0 Å². The molecule has 4 aromatic rings. The number of ether oxygens (including phenoxy) is 2. The van der Waals surface area contributed by atoms with Gasteiger partial charge in [-0.3, -0.25) is 19.1 Å². The van der Waals surface area contributed by atoms with E-state index in [1.54, 1.807) is 76.7 Å². The Labute approximate surface area is 236 Å². The zero-order valence-corrected chi connectivity index (χ0v) is 23.5. The van der Waals surface area contributed by atoms with E-state index in [0.717, 1.165) is 12.8 Å². The second-order valence-electron chi connectivity index (χ2n) is 10.7. The molecular formula is C28H32N8O5. The lowest BCUT2D eigenvalue weighted by Gasteiger charge is -2.35. The molecule has 4 heterocycles. The Hall–Kier alpha value is -4.78. The third-order valence-corrected chi connectivity index (χ3v) is 6.64. The predicted molar refractivity (Wildman–Crippen MR) is 152 cm³/mol. The number of aromatic nitrogens is 5. The minimum atomic E-state index is -0.741. The molecule has 0 aliphatic heterocycles. The van der Waals surface area contributed by atoms with Crippen molar-refractivity contribution < 1.29 is 19.1 Å². The van der Waals surface area contributed by atoms with E-state index in [4.69, 9.17) is 9.47 Å². The summed E-state index contributed by atoms with van der Waals surface area (Å²) in [7, 11) is 3.14. The molecule has 13 nitrogen and oxygen atoms in total. The Morgan fingerprint density at radius 2 is 1.95 bits per heavy atom. The van der Waals surface area contributed by atoms with Gasteiger partial charge in [-0.25, -0.2) is 14.8 Å². The number of pyridine rings is 2. The molecule has 2 atom stereocenters. The highest BCUT2D eigenvalue weighted by atomic mass is 16.6. The quantitative estimate of drug-likeness (QED) is 0.348. The van der Waals surface area contributed by atoms with Gasteiger partial charge >= 0.3 is 6.09 Å². The minimum absolute atomic E-state index is 0.0563. The van der Waals surface area contributed by atoms with Crippen molar-refractivity contribution in [1.82, 2.24) is 29.5 Å². The number of methoxy groups -OCH3 is 1. The van der Waals surface area contributed by atoms with Crippen LogP contribution in [-0.4, -0.2) is 68.1 Å². The number of rotatable bonds is 7. The molecule has 214 valence electrons. The van der Waals surface area contributed by atoms with E-state index in [1.165, 1.54) is 27.2 Å². The molecule has 0 aromatic carbocycles. The molecule has 2 amide bonds. The fourth-order valence-electron chi connectivity index (χ4n) is 4.40. The van der Waals surface area contributed by atoms with Crippen molar-refractivity contribution in [2.75, 3.05) is 24.4 Å². The fraction of sp³-hybridized carbons (Fsp3) is 0.357. The van der Waals surface area contributed by atoms with E-state index in [2.05, 4.69) is 25.7 Å². The standard InChI is InChI=1S/C28H32N8O5/c1-28(2,3)41-27(39)34(4)23-15-21(31-19-9-8-14-35(26(19)38)22-10-6-7-13-29-22)33-24-17(16-30-36(23)24)25(37)32-18-11-12-20(18)40-5/h6-10,13-16,18,20H,11-12H2,1-5H3,(H,31,33)(H,32,37)/t18-,20?/m1/s1. The van der Waals surface area contributed by atoms with Crippen molar-refractivity contribution in [1.29, 1.82) is 0 Å². The molecule has 1 fully saturated rings. The largest absolute Gasteiger partial charge is 0.443 e. The predicted octanol–water partition coefficient (Wildman–Crippen LogP) is 3.30. The van der Waals surface area contributed by atoms with E-state index in [1.807, 2.05) is 0 Å². The highest BCUT2D eigenvalue weighted by Gasteiger charge is 2.33. The number of hydrogen-bond donors (Lipinski definition) is 2. The molecule has 0 saturated heterocycles. The molecule has 0 spiro atoms. The maximum Gasteiger partial charge on any atom is 0.415 e. The monoisotopic (exact) mass is 560 g/mol. The molecule has 1 aliphatic rings. The molecule has 0 bridgehead atoms. The zero-order chi connectivity index (χ0) is 29.3. The first-order valence-corrected chi connectivity index (χ1v) is 13.1. The Bertz CT molecular complexity index is 1640. The first-order chi connectivity index (χ1) is 19.6. The highest BCUT2D eigenvalue weighted by molar-refractivity contribution is 6.00. The summed E-state index contributed by atoms with van der Waals surface area (Å²) in [6, 6.07) is 10.0. The average molecular weight is 561 g/mol. The normalized spacial score (nSPS) is 16.6. The van der Waals surface area contributed by atoms with E-state index in [9.17, 15) is 14.4 Å². The zero-order valence-electron chi connectivity index (χ0n) is 23.5. The summed E-state index contributed by atoms with van der Waals surface area (Å²) in [6.07, 6.45) is 5.58. The summed E-state index contributed by atoms with van der Waals surface area (Å²) in [5, 5.41) is 10.4. The summed E-state index contributed by atoms with van der Waals surface area (Å²) >= 11 is 0. The van der Waals surface area contributed by atoms with E-state index in [0.29, 0.717) is 5.82 Å². The first-order valence-electron chi connectivity index (χ1n) is 13.1. The Morgan fingerprint density at radius 1 is 1.15 bits per heavy atom. The summed E-state index contributed by atoms with van der Waals surface area (Å²) in [6.45, 7) is 5.29. The minimum Gasteiger partial charge on any atom is -0.443 e. The summed E-state index contributed by atoms with van der Waals surface area (Å²) in [5.41, 5.74) is -0.504. The van der Waals surface area contributed by atoms with Crippen LogP contribution in [0.1, 0.15) is 44.0 Å². The van der Waals surface area contributed by atoms with Gasteiger partial charge in [0.05, 0.1) is 18.3 Å². The van der Waals surface area contributed by atoms with E-state index < -0.39 is 11.7 Å². The number of nitrogens with zero attached hydrogens (tertiary/aromatic N) is 6. The van der Waals surface area contributed by atoms with Crippen molar-refractivity contribution in [2.45, 2.75) is 51.4 Å². The highest BCUT2D eigenvalue weighted by Crippen LogP contribution is 2.26. The lowest BCUT2D eigenvalue weighted by molar-refractivity contribution is 0.00732. The van der Waals surface area contributed by atoms with Crippen LogP contribution in [0.2, 0.25) is 0 Å². The molecule has 0 radical (unpaired) electrons. The van der Waals surface area contributed by atoms with Gasteiger partial charge in [-0.15, -0.1) is 0 Å². The molecule has 13 heteroatoms. The maximum absolute atomic E-state index is 13.3. The molecule has 5 rings (SSSR count). The van der Waals surface area contributed by atoms with Crippen LogP contribution in [0.15, 0.2) is 59.8 Å². The average Bonchev–Trinajstić information content (AvgIpc) is 3.35. The smallest absolute Gasteiger partial charge is 0.415 e. The van der Waals surface area contributed by atoms with Crippen LogP contribution < -0.4 is 21.1 Å². The van der Waals surface area contributed by atoms with Crippen molar-refractivity contribution in [3.63, 3.8) is 0 Å². The summed E-state index contributed by atoms with van der Waals surface area (Å²) in [5.74, 6) is 0.562. The second kappa shape index (κ2) is 11.0. The third-order valence-electron chi connectivity index (χ3n) is 6.64. The van der Waals surface area contributed by atoms with Crippen LogP contribution in [0.5, 0.6) is 0 Å². The van der Waals surface area contributed by atoms with Gasteiger partial charge in [0.2, 0.25) is 0 Å². The summed E-state index contributed by atoms with van der Waals surface area (Å²) in [4.78, 5) is 49.7. The van der Waals surface area contributed by atoms with Crippen LogP contribution in [0.3, 0.4) is 0 Å². The number of carbonyl (C=O) groups excluding carboxylic acids is 2. The molecule has 4 aromatic heterocycles. The number of nitrogens with one attached hydrogen (secondary N) is 2. The fourth-order valence-corrected chi connectivity index (χ4v) is 4.40. The molecule has 1 aliphatic carbocycles. The van der Waals surface area contributed by atoms with Crippen molar-refractivity contribution in [3.8, 4) is 5.82 Å². The molecule has 2 N–H and O–H groups in total. The van der Waals surface area contributed by atoms with Gasteiger partial charge in [-0.05, 0) is 57.9 Å². The first kappa shape index (κ1) is 27.8. The molecular weight excluding hydrogens is 528 g/mol. The number of hydrogen-bond acceptors (Lipinski definition) is 9. The van der Waals surface area contributed by atoms with Gasteiger partial charge in [0, 0.05) is 32.6 Å². The number of carbonyl (C=O) groups is 2. The lowest BCUT2D eigenvalue weighted by Crippen LogP contribution is -2.51. The van der Waals surface area contributed by atoms with Crippen LogP contribution >= 0.6 is 0 Å². The number of amides is 2. The lowest BCUT2D eigenvalue weighted by atomic mass is 9.89. The SMILES string of the molecule is COC1CC[C@H]1NC(=O)c1cnn2c(N(C)C(=O)OC(C)(C)C)cc(Nc3cccn(-c4ccccn4)c3=O)nc12. The van der Waals surface area contributed by atoms with E-state index in [-0.39, 0.29) is 52.1 Å². The van der Waals surface area contributed by atoms with Gasteiger partial charge < -0.3 is 20.1 Å². The van der Waals surface area contributed by atoms with Crippen LogP contribution in [0, 0.1) is 0 Å². The Kier molecular flexibility index (Phi) is 7.45. The van der Waals surface area contributed by atoms with Crippen LogP contribution in [0.4, 0.5) is 22.1 Å². The van der Waals surface area contributed by atoms with Gasteiger partial charge in [0.1, 0.15) is 34.3 Å². The third kappa shape index (κ3) is 5.75. The Balaban J connectivity index is 1.56. The van der Waals surface area contributed by atoms with Gasteiger partial charge in [-0.2, -0.15) is 9.61 Å². The van der Waals surface area contributed by atoms with Crippen LogP contribution in [0.25, 0.3) is 11.5 Å². The van der Waals surface area contributed by atoms with Gasteiger partial charge in [0.25, 0.3) is 11.5 Å². The molecule has 1 saturated carbocycles. The maximum atomic E-state index is 13.3. The second-order valence-corrected chi connectivity index (χ2v) is 10.7. The van der Waals surface area contributed by atoms with Crippen LogP contribution in [-0.2, 0) is 9.47 Å². The topological polar surface area (TPSA) is 145 Å². The Morgan fingerprint density at radius 3 is 2.61 bits per heavy atom. The number of anilines is 3. The van der Waals surface area contributed by atoms with Gasteiger partial charge in [-0.1, -0.05) is 6.07 Å². The van der Waals surface area contributed by atoms with Gasteiger partial charge in [0.15, 0.2) is 5.65 Å². The molecule has 41 heavy (non-hydrogen) atoms. The number of fused-ring (bicyclic) bond motifs is 1. The van der Waals surface area contributed by atoms with E-state index >= 15 is 0 Å². The molecule has 1 unspecified atom stereocenters. The van der Waals surface area contributed by atoms with Crippen molar-refractivity contribution in [3.05, 3.63) is 70.9 Å².